The Bertz CT molecular complexity index is 625. The Kier molecular flexibility index (Phi) is 5.55. The number of methoxy groups -OCH3 is 1. The molecule has 6 heteroatoms. The quantitative estimate of drug-likeness (QED) is 0.820. The number of carbonyl (C=O) groups is 1. The fraction of sp³-hybridized carbons (Fsp3) is 0.375. The molecule has 0 saturated carbocycles. The third kappa shape index (κ3) is 3.85. The molecule has 1 heterocycles. The number of hydrogen-bond acceptors (Lipinski definition) is 5. The predicted octanol–water partition coefficient (Wildman–Crippen LogP) is 3.13. The van der Waals surface area contributed by atoms with Gasteiger partial charge in [0.1, 0.15) is 12.0 Å². The maximum Gasteiger partial charge on any atom is 0.277 e. The van der Waals surface area contributed by atoms with Crippen molar-refractivity contribution in [3.8, 4) is 5.75 Å². The van der Waals surface area contributed by atoms with Crippen LogP contribution in [0, 0.1) is 0 Å². The molecular weight excluding hydrogens is 282 g/mol. The lowest BCUT2D eigenvalue weighted by Crippen LogP contribution is -2.14. The number of aromatic nitrogens is 1. The number of nitrogens with two attached hydrogens (primary N) is 1. The molecule has 0 fully saturated rings. The summed E-state index contributed by atoms with van der Waals surface area (Å²) in [5.41, 5.74) is 6.77. The molecule has 6 nitrogen and oxygen atoms in total. The number of anilines is 1. The van der Waals surface area contributed by atoms with Gasteiger partial charge in [0.2, 0.25) is 5.89 Å². The zero-order chi connectivity index (χ0) is 15.9. The average molecular weight is 303 g/mol. The van der Waals surface area contributed by atoms with Gasteiger partial charge in [-0.25, -0.2) is 4.98 Å². The molecule has 0 saturated heterocycles. The summed E-state index contributed by atoms with van der Waals surface area (Å²) >= 11 is 0. The van der Waals surface area contributed by atoms with Gasteiger partial charge in [-0.1, -0.05) is 31.9 Å². The highest BCUT2D eigenvalue weighted by Gasteiger charge is 2.17. The van der Waals surface area contributed by atoms with Gasteiger partial charge in [-0.2, -0.15) is 0 Å². The molecule has 0 bridgehead atoms. The Morgan fingerprint density at radius 2 is 2.23 bits per heavy atom. The van der Waals surface area contributed by atoms with Gasteiger partial charge < -0.3 is 20.2 Å². The number of ether oxygens (including phenoxy) is 1. The van der Waals surface area contributed by atoms with Crippen molar-refractivity contribution in [3.63, 3.8) is 0 Å². The second-order valence-corrected chi connectivity index (χ2v) is 4.97. The molecule has 2 aromatic rings. The molecule has 0 spiro atoms. The van der Waals surface area contributed by atoms with Crippen LogP contribution >= 0.6 is 0 Å². The van der Waals surface area contributed by atoms with E-state index >= 15 is 0 Å². The van der Waals surface area contributed by atoms with Crippen LogP contribution in [0.15, 0.2) is 34.9 Å². The molecule has 0 radical (unpaired) electrons. The Morgan fingerprint density at radius 3 is 2.95 bits per heavy atom. The standard InChI is InChI=1S/C16H21N3O3/c1-3-4-7-11(17)16-19-13(10-22-16)15(20)18-12-8-5-6-9-14(12)21-2/h5-6,8-11H,3-4,7,17H2,1-2H3,(H,18,20). The Hall–Kier alpha value is -2.34. The minimum Gasteiger partial charge on any atom is -0.495 e. The fourth-order valence-electron chi connectivity index (χ4n) is 2.04. The number of rotatable bonds is 7. The van der Waals surface area contributed by atoms with Crippen molar-refractivity contribution in [1.82, 2.24) is 4.98 Å². The van der Waals surface area contributed by atoms with E-state index in [0.29, 0.717) is 17.3 Å². The lowest BCUT2D eigenvalue weighted by atomic mass is 10.1. The number of amides is 1. The molecule has 2 rings (SSSR count). The zero-order valence-electron chi connectivity index (χ0n) is 12.8. The highest BCUT2D eigenvalue weighted by molar-refractivity contribution is 6.03. The normalized spacial score (nSPS) is 12.0. The average Bonchev–Trinajstić information content (AvgIpc) is 3.03. The molecule has 1 aromatic carbocycles. The molecule has 1 atom stereocenters. The Balaban J connectivity index is 2.06. The summed E-state index contributed by atoms with van der Waals surface area (Å²) in [6.07, 6.45) is 4.15. The van der Waals surface area contributed by atoms with Crippen LogP contribution in [0.25, 0.3) is 0 Å². The second-order valence-electron chi connectivity index (χ2n) is 4.97. The van der Waals surface area contributed by atoms with Crippen LogP contribution in [-0.2, 0) is 0 Å². The van der Waals surface area contributed by atoms with Crippen LogP contribution in [0.1, 0.15) is 48.6 Å². The number of carbonyl (C=O) groups excluding carboxylic acids is 1. The third-order valence-corrected chi connectivity index (χ3v) is 3.30. The number of nitrogens with zero attached hydrogens (tertiary/aromatic N) is 1. The minimum atomic E-state index is -0.359. The summed E-state index contributed by atoms with van der Waals surface area (Å²) in [6, 6.07) is 6.88. The van der Waals surface area contributed by atoms with Crippen molar-refractivity contribution < 1.29 is 13.9 Å². The van der Waals surface area contributed by atoms with Crippen LogP contribution in [-0.4, -0.2) is 18.0 Å². The number of nitrogens with one attached hydrogen (secondary N) is 1. The van der Waals surface area contributed by atoms with E-state index in [1.165, 1.54) is 6.26 Å². The molecule has 1 amide bonds. The van der Waals surface area contributed by atoms with Crippen molar-refractivity contribution in [2.45, 2.75) is 32.2 Å². The number of para-hydroxylation sites is 2. The summed E-state index contributed by atoms with van der Waals surface area (Å²) in [4.78, 5) is 16.4. The van der Waals surface area contributed by atoms with Crippen molar-refractivity contribution in [3.05, 3.63) is 42.1 Å². The van der Waals surface area contributed by atoms with E-state index < -0.39 is 0 Å². The van der Waals surface area contributed by atoms with Crippen LogP contribution in [0.3, 0.4) is 0 Å². The smallest absolute Gasteiger partial charge is 0.277 e. The summed E-state index contributed by atoms with van der Waals surface area (Å²) in [6.45, 7) is 2.09. The second kappa shape index (κ2) is 7.61. The van der Waals surface area contributed by atoms with E-state index in [1.807, 2.05) is 12.1 Å². The van der Waals surface area contributed by atoms with E-state index in [1.54, 1.807) is 19.2 Å². The summed E-state index contributed by atoms with van der Waals surface area (Å²) < 4.78 is 10.5. The summed E-state index contributed by atoms with van der Waals surface area (Å²) in [5.74, 6) is 0.611. The van der Waals surface area contributed by atoms with Crippen LogP contribution in [0.4, 0.5) is 5.69 Å². The van der Waals surface area contributed by atoms with E-state index in [9.17, 15) is 4.79 Å². The maximum atomic E-state index is 12.2. The largest absolute Gasteiger partial charge is 0.495 e. The van der Waals surface area contributed by atoms with Gasteiger partial charge >= 0.3 is 0 Å². The van der Waals surface area contributed by atoms with Gasteiger partial charge in [0, 0.05) is 0 Å². The van der Waals surface area contributed by atoms with Crippen molar-refractivity contribution >= 4 is 11.6 Å². The van der Waals surface area contributed by atoms with Crippen molar-refractivity contribution in [1.29, 1.82) is 0 Å². The van der Waals surface area contributed by atoms with Crippen LogP contribution in [0.5, 0.6) is 5.75 Å². The number of oxazole rings is 1. The first kappa shape index (κ1) is 16.0. The number of hydrogen-bond donors (Lipinski definition) is 2. The number of benzene rings is 1. The van der Waals surface area contributed by atoms with Crippen LogP contribution in [0.2, 0.25) is 0 Å². The molecule has 1 aromatic heterocycles. The van der Waals surface area contributed by atoms with E-state index in [2.05, 4.69) is 17.2 Å². The first-order valence-corrected chi connectivity index (χ1v) is 7.31. The Morgan fingerprint density at radius 1 is 1.45 bits per heavy atom. The molecule has 1 unspecified atom stereocenters. The number of unbranched alkanes of at least 4 members (excludes halogenated alkanes) is 1. The highest BCUT2D eigenvalue weighted by Crippen LogP contribution is 2.24. The molecule has 118 valence electrons. The van der Waals surface area contributed by atoms with Crippen molar-refractivity contribution in [2.75, 3.05) is 12.4 Å². The summed E-state index contributed by atoms with van der Waals surface area (Å²) in [7, 11) is 1.55. The van der Waals surface area contributed by atoms with Gasteiger partial charge in [-0.15, -0.1) is 0 Å². The van der Waals surface area contributed by atoms with Crippen molar-refractivity contribution in [2.24, 2.45) is 5.73 Å². The minimum absolute atomic E-state index is 0.202. The van der Waals surface area contributed by atoms with Gasteiger partial charge in [-0.05, 0) is 18.6 Å². The Labute approximate surface area is 129 Å². The first-order valence-electron chi connectivity index (χ1n) is 7.31. The fourth-order valence-corrected chi connectivity index (χ4v) is 2.04. The van der Waals surface area contributed by atoms with Crippen LogP contribution < -0.4 is 15.8 Å². The van der Waals surface area contributed by atoms with Gasteiger partial charge in [0.15, 0.2) is 5.69 Å². The van der Waals surface area contributed by atoms with E-state index in [0.717, 1.165) is 19.3 Å². The first-order chi connectivity index (χ1) is 10.7. The highest BCUT2D eigenvalue weighted by atomic mass is 16.5. The van der Waals surface area contributed by atoms with E-state index in [-0.39, 0.29) is 17.6 Å². The lowest BCUT2D eigenvalue weighted by Gasteiger charge is -2.08. The monoisotopic (exact) mass is 303 g/mol. The third-order valence-electron chi connectivity index (χ3n) is 3.30. The molecular formula is C16H21N3O3. The molecule has 0 aliphatic carbocycles. The van der Waals surface area contributed by atoms with Gasteiger partial charge in [0.05, 0.1) is 18.8 Å². The molecule has 0 aliphatic rings. The maximum absolute atomic E-state index is 12.2. The summed E-state index contributed by atoms with van der Waals surface area (Å²) in [5, 5.41) is 2.75. The molecule has 0 aliphatic heterocycles. The molecule has 22 heavy (non-hydrogen) atoms. The van der Waals surface area contributed by atoms with E-state index in [4.69, 9.17) is 14.9 Å². The molecule has 3 N–H and O–H groups in total. The zero-order valence-corrected chi connectivity index (χ0v) is 12.8. The SMILES string of the molecule is CCCCC(N)c1nc(C(=O)Nc2ccccc2OC)co1. The topological polar surface area (TPSA) is 90.4 Å². The lowest BCUT2D eigenvalue weighted by molar-refractivity contribution is 0.102. The predicted molar refractivity (Wildman–Crippen MR) is 83.9 cm³/mol. The van der Waals surface area contributed by atoms with Gasteiger partial charge in [0.25, 0.3) is 5.91 Å². The van der Waals surface area contributed by atoms with Gasteiger partial charge in [-0.3, -0.25) is 4.79 Å².